The van der Waals surface area contributed by atoms with E-state index in [9.17, 15) is 4.79 Å². The average Bonchev–Trinajstić information content (AvgIpc) is 2.76. The zero-order valence-electron chi connectivity index (χ0n) is 11.4. The Bertz CT molecular complexity index is 281. The minimum absolute atomic E-state index is 0.0897. The third-order valence-corrected chi connectivity index (χ3v) is 4.52. The molecule has 4 nitrogen and oxygen atoms in total. The molecule has 1 saturated heterocycles. The summed E-state index contributed by atoms with van der Waals surface area (Å²) in [5.41, 5.74) is 0. The Morgan fingerprint density at radius 2 is 2.11 bits per heavy atom. The number of urea groups is 1. The lowest BCUT2D eigenvalue weighted by molar-refractivity contribution is 0.128. The van der Waals surface area contributed by atoms with Crippen molar-refractivity contribution in [3.63, 3.8) is 0 Å². The number of piperidine rings is 1. The van der Waals surface area contributed by atoms with E-state index >= 15 is 0 Å². The fourth-order valence-electron chi connectivity index (χ4n) is 3.32. The normalized spacial score (nSPS) is 32.6. The molecule has 0 radical (unpaired) electrons. The molecule has 0 aromatic rings. The molecule has 2 rings (SSSR count). The molecule has 2 fully saturated rings. The summed E-state index contributed by atoms with van der Waals surface area (Å²) >= 11 is 0. The number of aliphatic hydroxyl groups excluding tert-OH is 1. The topological polar surface area (TPSA) is 52.6 Å². The van der Waals surface area contributed by atoms with E-state index in [0.29, 0.717) is 18.4 Å². The maximum absolute atomic E-state index is 12.3. The van der Waals surface area contributed by atoms with Gasteiger partial charge in [-0.25, -0.2) is 4.79 Å². The summed E-state index contributed by atoms with van der Waals surface area (Å²) in [6, 6.07) is 0.682. The van der Waals surface area contributed by atoms with E-state index in [4.69, 9.17) is 5.11 Å². The summed E-state index contributed by atoms with van der Waals surface area (Å²) in [5.74, 6) is 0.607. The molecule has 0 aromatic carbocycles. The highest BCUT2D eigenvalue weighted by atomic mass is 16.3. The van der Waals surface area contributed by atoms with Crippen molar-refractivity contribution in [2.45, 2.75) is 64.0 Å². The third kappa shape index (κ3) is 3.16. The predicted octanol–water partition coefficient (Wildman–Crippen LogP) is 2.12. The monoisotopic (exact) mass is 254 g/mol. The van der Waals surface area contributed by atoms with Crippen molar-refractivity contribution >= 4 is 6.03 Å². The number of carbonyl (C=O) groups excluding carboxylic acids is 1. The van der Waals surface area contributed by atoms with Crippen molar-refractivity contribution in [2.75, 3.05) is 13.2 Å². The Morgan fingerprint density at radius 1 is 1.28 bits per heavy atom. The standard InChI is InChI=1S/C14H26N2O2/c1-11-5-4-7-13(11)15-14(18)16-9-3-2-6-12(16)8-10-17/h11-13,17H,2-10H2,1H3,(H,15,18). The van der Waals surface area contributed by atoms with Gasteiger partial charge < -0.3 is 15.3 Å². The first-order valence-electron chi connectivity index (χ1n) is 7.40. The molecule has 1 heterocycles. The first-order valence-corrected chi connectivity index (χ1v) is 7.40. The van der Waals surface area contributed by atoms with Gasteiger partial charge in [-0.2, -0.15) is 0 Å². The van der Waals surface area contributed by atoms with Gasteiger partial charge >= 0.3 is 6.03 Å². The predicted molar refractivity (Wildman–Crippen MR) is 71.4 cm³/mol. The lowest BCUT2D eigenvalue weighted by atomic mass is 10.00. The highest BCUT2D eigenvalue weighted by Gasteiger charge is 2.30. The molecule has 1 aliphatic heterocycles. The molecule has 0 aromatic heterocycles. The van der Waals surface area contributed by atoms with Crippen molar-refractivity contribution in [3.05, 3.63) is 0 Å². The number of hydrogen-bond acceptors (Lipinski definition) is 2. The van der Waals surface area contributed by atoms with E-state index in [0.717, 1.165) is 25.8 Å². The lowest BCUT2D eigenvalue weighted by Gasteiger charge is -2.36. The summed E-state index contributed by atoms with van der Waals surface area (Å²) in [5, 5.41) is 12.3. The number of hydrogen-bond donors (Lipinski definition) is 2. The van der Waals surface area contributed by atoms with Crippen LogP contribution < -0.4 is 5.32 Å². The van der Waals surface area contributed by atoms with E-state index in [1.54, 1.807) is 0 Å². The molecule has 2 amide bonds. The number of carbonyl (C=O) groups is 1. The Morgan fingerprint density at radius 3 is 2.78 bits per heavy atom. The number of likely N-dealkylation sites (tertiary alicyclic amines) is 1. The van der Waals surface area contributed by atoms with Crippen molar-refractivity contribution in [3.8, 4) is 0 Å². The molecule has 18 heavy (non-hydrogen) atoms. The van der Waals surface area contributed by atoms with Crippen molar-refractivity contribution in [2.24, 2.45) is 5.92 Å². The van der Waals surface area contributed by atoms with E-state index in [1.807, 2.05) is 4.90 Å². The van der Waals surface area contributed by atoms with Crippen LogP contribution in [0.2, 0.25) is 0 Å². The molecular formula is C14H26N2O2. The van der Waals surface area contributed by atoms with Crippen LogP contribution in [0.3, 0.4) is 0 Å². The van der Waals surface area contributed by atoms with Gasteiger partial charge in [0.15, 0.2) is 0 Å². The Balaban J connectivity index is 1.89. The van der Waals surface area contributed by atoms with Gasteiger partial charge in [0.25, 0.3) is 0 Å². The first-order chi connectivity index (χ1) is 8.72. The van der Waals surface area contributed by atoms with Crippen LogP contribution in [0.25, 0.3) is 0 Å². The quantitative estimate of drug-likeness (QED) is 0.810. The zero-order valence-corrected chi connectivity index (χ0v) is 11.4. The molecular weight excluding hydrogens is 228 g/mol. The van der Waals surface area contributed by atoms with Gasteiger partial charge in [-0.05, 0) is 44.4 Å². The van der Waals surface area contributed by atoms with Crippen LogP contribution in [0.15, 0.2) is 0 Å². The molecule has 0 bridgehead atoms. The smallest absolute Gasteiger partial charge is 0.317 e. The maximum Gasteiger partial charge on any atom is 0.317 e. The molecule has 3 unspecified atom stereocenters. The lowest BCUT2D eigenvalue weighted by Crippen LogP contribution is -2.51. The molecule has 2 N–H and O–H groups in total. The second kappa shape index (κ2) is 6.41. The van der Waals surface area contributed by atoms with E-state index in [1.165, 1.54) is 19.3 Å². The summed E-state index contributed by atoms with van der Waals surface area (Å²) in [4.78, 5) is 14.3. The SMILES string of the molecule is CC1CCCC1NC(=O)N1CCCCC1CCO. The minimum Gasteiger partial charge on any atom is -0.396 e. The largest absolute Gasteiger partial charge is 0.396 e. The Kier molecular flexibility index (Phi) is 4.87. The van der Waals surface area contributed by atoms with E-state index in [2.05, 4.69) is 12.2 Å². The molecule has 3 atom stereocenters. The summed E-state index contributed by atoms with van der Waals surface area (Å²) in [6.07, 6.45) is 7.59. The van der Waals surface area contributed by atoms with Crippen LogP contribution in [0.5, 0.6) is 0 Å². The van der Waals surface area contributed by atoms with Crippen molar-refractivity contribution in [1.82, 2.24) is 10.2 Å². The third-order valence-electron chi connectivity index (χ3n) is 4.52. The number of aliphatic hydroxyl groups is 1. The van der Waals surface area contributed by atoms with E-state index in [-0.39, 0.29) is 18.7 Å². The van der Waals surface area contributed by atoms with Gasteiger partial charge in [-0.3, -0.25) is 0 Å². The minimum atomic E-state index is 0.0897. The van der Waals surface area contributed by atoms with Gasteiger partial charge in [0.05, 0.1) is 0 Å². The summed E-state index contributed by atoms with van der Waals surface area (Å²) < 4.78 is 0. The molecule has 0 spiro atoms. The second-order valence-corrected chi connectivity index (χ2v) is 5.82. The van der Waals surface area contributed by atoms with Crippen molar-refractivity contribution in [1.29, 1.82) is 0 Å². The summed E-state index contributed by atoms with van der Waals surface area (Å²) in [7, 11) is 0. The number of rotatable bonds is 3. The fraction of sp³-hybridized carbons (Fsp3) is 0.929. The van der Waals surface area contributed by atoms with Crippen LogP contribution in [0, 0.1) is 5.92 Å². The fourth-order valence-corrected chi connectivity index (χ4v) is 3.32. The molecule has 1 aliphatic carbocycles. The Hall–Kier alpha value is -0.770. The van der Waals surface area contributed by atoms with Gasteiger partial charge in [0.2, 0.25) is 0 Å². The number of amides is 2. The molecule has 104 valence electrons. The number of nitrogens with one attached hydrogen (secondary N) is 1. The summed E-state index contributed by atoms with van der Waals surface area (Å²) in [6.45, 7) is 3.24. The highest BCUT2D eigenvalue weighted by molar-refractivity contribution is 5.75. The van der Waals surface area contributed by atoms with Gasteiger partial charge in [0, 0.05) is 25.2 Å². The second-order valence-electron chi connectivity index (χ2n) is 5.82. The van der Waals surface area contributed by atoms with Crippen LogP contribution >= 0.6 is 0 Å². The average molecular weight is 254 g/mol. The number of nitrogens with zero attached hydrogens (tertiary/aromatic N) is 1. The highest BCUT2D eigenvalue weighted by Crippen LogP contribution is 2.26. The Labute approximate surface area is 110 Å². The first kappa shape index (κ1) is 13.7. The van der Waals surface area contributed by atoms with Gasteiger partial charge in [-0.1, -0.05) is 13.3 Å². The maximum atomic E-state index is 12.3. The van der Waals surface area contributed by atoms with Gasteiger partial charge in [0.1, 0.15) is 0 Å². The van der Waals surface area contributed by atoms with Crippen LogP contribution in [-0.4, -0.2) is 41.3 Å². The van der Waals surface area contributed by atoms with Crippen LogP contribution in [0.4, 0.5) is 4.79 Å². The molecule has 2 aliphatic rings. The molecule has 1 saturated carbocycles. The van der Waals surface area contributed by atoms with Gasteiger partial charge in [-0.15, -0.1) is 0 Å². The van der Waals surface area contributed by atoms with E-state index < -0.39 is 0 Å². The zero-order chi connectivity index (χ0) is 13.0. The van der Waals surface area contributed by atoms with Crippen LogP contribution in [-0.2, 0) is 0 Å². The van der Waals surface area contributed by atoms with Crippen molar-refractivity contribution < 1.29 is 9.90 Å². The molecule has 4 heteroatoms. The van der Waals surface area contributed by atoms with Crippen LogP contribution in [0.1, 0.15) is 51.9 Å².